The molecule has 6 rings (SSSR count). The van der Waals surface area contributed by atoms with Crippen molar-refractivity contribution in [1.29, 1.82) is 0 Å². The van der Waals surface area contributed by atoms with Gasteiger partial charge in [0.25, 0.3) is 5.56 Å². The Morgan fingerprint density at radius 1 is 1.03 bits per heavy atom. The van der Waals surface area contributed by atoms with Gasteiger partial charge in [-0.25, -0.2) is 4.98 Å². The van der Waals surface area contributed by atoms with Gasteiger partial charge in [-0.05, 0) is 35.9 Å². The normalized spacial score (nSPS) is 12.6. The monoisotopic (exact) mass is 496 g/mol. The highest BCUT2D eigenvalue weighted by Gasteiger charge is 2.19. The minimum absolute atomic E-state index is 0.0536. The number of ether oxygens (including phenoxy) is 3. The summed E-state index contributed by atoms with van der Waals surface area (Å²) in [5.41, 5.74) is 3.02. The first-order valence-corrected chi connectivity index (χ1v) is 11.9. The molecule has 0 atom stereocenters. The average molecular weight is 497 g/mol. The summed E-state index contributed by atoms with van der Waals surface area (Å²) in [5.74, 6) is 1.71. The molecule has 186 valence electrons. The second-order valence-corrected chi connectivity index (χ2v) is 8.73. The molecule has 9 heteroatoms. The topological polar surface area (TPSA) is 96.6 Å². The van der Waals surface area contributed by atoms with Crippen LogP contribution in [0.4, 0.5) is 5.69 Å². The molecular weight excluding hydrogens is 472 g/mol. The first-order chi connectivity index (χ1) is 18.1. The van der Waals surface area contributed by atoms with E-state index < -0.39 is 0 Å². The van der Waals surface area contributed by atoms with Crippen molar-refractivity contribution in [3.8, 4) is 17.2 Å². The zero-order valence-corrected chi connectivity index (χ0v) is 20.1. The number of carbonyl (C=O) groups is 1. The Hall–Kier alpha value is -4.79. The van der Waals surface area contributed by atoms with Crippen LogP contribution >= 0.6 is 0 Å². The molecule has 0 saturated heterocycles. The molecule has 0 bridgehead atoms. The van der Waals surface area contributed by atoms with E-state index in [2.05, 4.69) is 10.3 Å². The van der Waals surface area contributed by atoms with E-state index in [0.717, 1.165) is 22.2 Å². The molecule has 0 aliphatic carbocycles. The highest BCUT2D eigenvalue weighted by atomic mass is 16.6. The van der Waals surface area contributed by atoms with Crippen LogP contribution in [-0.4, -0.2) is 40.3 Å². The largest absolute Gasteiger partial charge is 0.497 e. The van der Waals surface area contributed by atoms with Crippen molar-refractivity contribution in [3.63, 3.8) is 0 Å². The molecule has 37 heavy (non-hydrogen) atoms. The molecule has 1 amide bonds. The lowest BCUT2D eigenvalue weighted by molar-refractivity contribution is -0.116. The highest BCUT2D eigenvalue weighted by Crippen LogP contribution is 2.32. The summed E-state index contributed by atoms with van der Waals surface area (Å²) in [6.45, 7) is 1.25. The van der Waals surface area contributed by atoms with Gasteiger partial charge in [-0.15, -0.1) is 0 Å². The summed E-state index contributed by atoms with van der Waals surface area (Å²) >= 11 is 0. The van der Waals surface area contributed by atoms with E-state index in [9.17, 15) is 9.59 Å². The molecule has 3 heterocycles. The van der Waals surface area contributed by atoms with Gasteiger partial charge in [0.05, 0.1) is 25.5 Å². The van der Waals surface area contributed by atoms with E-state index in [4.69, 9.17) is 14.2 Å². The lowest BCUT2D eigenvalue weighted by Crippen LogP contribution is -2.25. The third-order valence-electron chi connectivity index (χ3n) is 6.37. The number of fused-ring (bicyclic) bond motifs is 4. The molecule has 0 fully saturated rings. The predicted molar refractivity (Wildman–Crippen MR) is 140 cm³/mol. The summed E-state index contributed by atoms with van der Waals surface area (Å²) in [5, 5.41) is 3.73. The van der Waals surface area contributed by atoms with E-state index in [1.165, 1.54) is 0 Å². The van der Waals surface area contributed by atoms with Gasteiger partial charge in [-0.1, -0.05) is 30.3 Å². The Morgan fingerprint density at radius 2 is 1.81 bits per heavy atom. The van der Waals surface area contributed by atoms with Crippen LogP contribution in [-0.2, 0) is 17.9 Å². The summed E-state index contributed by atoms with van der Waals surface area (Å²) in [6.07, 6.45) is 1.56. The van der Waals surface area contributed by atoms with Gasteiger partial charge in [-0.3, -0.25) is 14.2 Å². The Morgan fingerprint density at radius 3 is 2.62 bits per heavy atom. The molecule has 0 spiro atoms. The highest BCUT2D eigenvalue weighted by molar-refractivity contribution is 6.06. The van der Waals surface area contributed by atoms with Gasteiger partial charge in [0.15, 0.2) is 11.5 Å². The summed E-state index contributed by atoms with van der Waals surface area (Å²) in [4.78, 5) is 31.4. The maximum atomic E-state index is 13.7. The Kier molecular flexibility index (Phi) is 5.72. The minimum Gasteiger partial charge on any atom is -0.497 e. The molecule has 2 aromatic heterocycles. The molecule has 0 saturated carbocycles. The molecule has 5 aromatic rings. The number of methoxy groups -OCH3 is 1. The SMILES string of the molecule is COc1ccc(Cn2cnc3c4ccccc4n(CC(=O)Nc4ccc5c(c4)OCCO5)c3c2=O)cc1. The number of benzene rings is 3. The van der Waals surface area contributed by atoms with Crippen LogP contribution in [0.1, 0.15) is 5.56 Å². The Bertz CT molecular complexity index is 1690. The van der Waals surface area contributed by atoms with Gasteiger partial charge in [0.2, 0.25) is 5.91 Å². The Balaban J connectivity index is 1.35. The number of rotatable bonds is 6. The van der Waals surface area contributed by atoms with Crippen molar-refractivity contribution < 1.29 is 19.0 Å². The number of carbonyl (C=O) groups excluding carboxylic acids is 1. The summed E-state index contributed by atoms with van der Waals surface area (Å²) in [7, 11) is 1.61. The molecule has 0 unspecified atom stereocenters. The van der Waals surface area contributed by atoms with Crippen molar-refractivity contribution in [2.75, 3.05) is 25.6 Å². The summed E-state index contributed by atoms with van der Waals surface area (Å²) in [6, 6.07) is 20.4. The zero-order chi connectivity index (χ0) is 25.4. The maximum Gasteiger partial charge on any atom is 0.278 e. The van der Waals surface area contributed by atoms with Crippen LogP contribution in [0.3, 0.4) is 0 Å². The fraction of sp³-hybridized carbons (Fsp3) is 0.179. The molecule has 1 aliphatic rings. The van der Waals surface area contributed by atoms with Crippen molar-refractivity contribution in [2.24, 2.45) is 0 Å². The van der Waals surface area contributed by atoms with E-state index >= 15 is 0 Å². The van der Waals surface area contributed by atoms with Gasteiger partial charge < -0.3 is 24.1 Å². The van der Waals surface area contributed by atoms with Crippen LogP contribution in [0.5, 0.6) is 17.2 Å². The predicted octanol–water partition coefficient (Wildman–Crippen LogP) is 3.82. The number of hydrogen-bond donors (Lipinski definition) is 1. The zero-order valence-electron chi connectivity index (χ0n) is 20.1. The number of para-hydroxylation sites is 1. The minimum atomic E-state index is -0.274. The quantitative estimate of drug-likeness (QED) is 0.384. The standard InChI is InChI=1S/C28H24N4O5/c1-35-20-9-6-18(7-10-20)15-31-17-29-26-21-4-2-3-5-22(21)32(27(26)28(31)34)16-25(33)30-19-8-11-23-24(14-19)37-13-12-36-23/h2-11,14,17H,12-13,15-16H2,1H3,(H,30,33). The number of nitrogens with one attached hydrogen (secondary N) is 1. The van der Waals surface area contributed by atoms with Gasteiger partial charge in [0, 0.05) is 17.1 Å². The van der Waals surface area contributed by atoms with Crippen molar-refractivity contribution >= 4 is 33.5 Å². The number of aromatic nitrogens is 3. The number of nitrogens with zero attached hydrogens (tertiary/aromatic N) is 3. The van der Waals surface area contributed by atoms with Crippen LogP contribution < -0.4 is 25.1 Å². The fourth-order valence-corrected chi connectivity index (χ4v) is 4.62. The number of hydrogen-bond acceptors (Lipinski definition) is 6. The van der Waals surface area contributed by atoms with Crippen LogP contribution in [0.15, 0.2) is 77.9 Å². The third kappa shape index (κ3) is 4.24. The molecule has 1 aliphatic heterocycles. The van der Waals surface area contributed by atoms with Crippen molar-refractivity contribution in [2.45, 2.75) is 13.1 Å². The van der Waals surface area contributed by atoms with Crippen LogP contribution in [0, 0.1) is 0 Å². The van der Waals surface area contributed by atoms with Crippen molar-refractivity contribution in [1.82, 2.24) is 14.1 Å². The van der Waals surface area contributed by atoms with Gasteiger partial charge in [0.1, 0.15) is 36.5 Å². The number of anilines is 1. The molecule has 1 N–H and O–H groups in total. The van der Waals surface area contributed by atoms with E-state index in [1.807, 2.05) is 48.5 Å². The second-order valence-electron chi connectivity index (χ2n) is 8.73. The first-order valence-electron chi connectivity index (χ1n) is 11.9. The maximum absolute atomic E-state index is 13.7. The average Bonchev–Trinajstić information content (AvgIpc) is 3.24. The van der Waals surface area contributed by atoms with Crippen LogP contribution in [0.25, 0.3) is 21.9 Å². The van der Waals surface area contributed by atoms with E-state index in [-0.39, 0.29) is 18.0 Å². The van der Waals surface area contributed by atoms with E-state index in [1.54, 1.807) is 40.8 Å². The number of amides is 1. The second kappa shape index (κ2) is 9.34. The van der Waals surface area contributed by atoms with Gasteiger partial charge in [-0.2, -0.15) is 0 Å². The van der Waals surface area contributed by atoms with Crippen molar-refractivity contribution in [3.05, 3.63) is 89.0 Å². The lowest BCUT2D eigenvalue weighted by atomic mass is 10.2. The molecule has 0 radical (unpaired) electrons. The molecule has 9 nitrogen and oxygen atoms in total. The molecule has 3 aromatic carbocycles. The fourth-order valence-electron chi connectivity index (χ4n) is 4.62. The third-order valence-corrected chi connectivity index (χ3v) is 6.37. The summed E-state index contributed by atoms with van der Waals surface area (Å²) < 4.78 is 19.7. The van der Waals surface area contributed by atoms with E-state index in [0.29, 0.717) is 48.0 Å². The smallest absolute Gasteiger partial charge is 0.278 e. The van der Waals surface area contributed by atoms with Crippen LogP contribution in [0.2, 0.25) is 0 Å². The lowest BCUT2D eigenvalue weighted by Gasteiger charge is -2.19. The van der Waals surface area contributed by atoms with Gasteiger partial charge >= 0.3 is 0 Å². The Labute approximate surface area is 211 Å². The molecular formula is C28H24N4O5. The first kappa shape index (κ1) is 22.7.